The molecule has 0 radical (unpaired) electrons. The number of nitrogens with zero attached hydrogens (tertiary/aromatic N) is 1. The van der Waals surface area contributed by atoms with Gasteiger partial charge < -0.3 is 4.90 Å². The van der Waals surface area contributed by atoms with Gasteiger partial charge in [0.1, 0.15) is 0 Å². The van der Waals surface area contributed by atoms with Crippen LogP contribution in [0.25, 0.3) is 0 Å². The molecule has 0 unspecified atom stereocenters. The summed E-state index contributed by atoms with van der Waals surface area (Å²) in [5.74, 6) is 0. The third-order valence-corrected chi connectivity index (χ3v) is 2.96. The minimum Gasteiger partial charge on any atom is -0.378 e. The molecule has 1 heteroatoms. The van der Waals surface area contributed by atoms with E-state index >= 15 is 0 Å². The normalized spacial score (nSPS) is 11.2. The fraction of sp³-hybridized carbons (Fsp3) is 0.867. The molecule has 1 nitrogen and oxygen atoms in total. The van der Waals surface area contributed by atoms with Gasteiger partial charge in [-0.15, -0.1) is 0 Å². The van der Waals surface area contributed by atoms with E-state index in [1.807, 2.05) is 0 Å². The second-order valence-corrected chi connectivity index (χ2v) is 4.64. The van der Waals surface area contributed by atoms with E-state index in [2.05, 4.69) is 37.9 Å². The molecular formula is C15H31N. The SMILES string of the molecule is CC=CN(CCCCCC)CCCCCC. The Bertz CT molecular complexity index is 140. The summed E-state index contributed by atoms with van der Waals surface area (Å²) >= 11 is 0. The van der Waals surface area contributed by atoms with Gasteiger partial charge in [-0.1, -0.05) is 58.4 Å². The van der Waals surface area contributed by atoms with Crippen LogP contribution in [0.2, 0.25) is 0 Å². The van der Waals surface area contributed by atoms with Crippen molar-refractivity contribution in [3.63, 3.8) is 0 Å². The van der Waals surface area contributed by atoms with Crippen molar-refractivity contribution in [3.05, 3.63) is 12.3 Å². The van der Waals surface area contributed by atoms with Crippen molar-refractivity contribution in [1.82, 2.24) is 4.90 Å². The zero-order valence-electron chi connectivity index (χ0n) is 11.7. The van der Waals surface area contributed by atoms with Gasteiger partial charge in [0.2, 0.25) is 0 Å². The maximum atomic E-state index is 2.49. The summed E-state index contributed by atoms with van der Waals surface area (Å²) in [7, 11) is 0. The van der Waals surface area contributed by atoms with Gasteiger partial charge in [0.05, 0.1) is 0 Å². The van der Waals surface area contributed by atoms with Crippen LogP contribution < -0.4 is 0 Å². The number of hydrogen-bond acceptors (Lipinski definition) is 1. The number of unbranched alkanes of at least 4 members (excludes halogenated alkanes) is 6. The van der Waals surface area contributed by atoms with Gasteiger partial charge in [-0.2, -0.15) is 0 Å². The van der Waals surface area contributed by atoms with Crippen LogP contribution in [-0.4, -0.2) is 18.0 Å². The summed E-state index contributed by atoms with van der Waals surface area (Å²) in [4.78, 5) is 2.49. The van der Waals surface area contributed by atoms with E-state index in [0.29, 0.717) is 0 Å². The predicted octanol–water partition coefficient (Wildman–Crippen LogP) is 4.98. The maximum absolute atomic E-state index is 2.49. The first-order valence-corrected chi connectivity index (χ1v) is 7.22. The number of allylic oxidation sites excluding steroid dienone is 1. The molecule has 0 fully saturated rings. The van der Waals surface area contributed by atoms with Crippen LogP contribution in [0.3, 0.4) is 0 Å². The lowest BCUT2D eigenvalue weighted by atomic mass is 10.2. The number of hydrogen-bond donors (Lipinski definition) is 0. The van der Waals surface area contributed by atoms with E-state index in [1.54, 1.807) is 0 Å². The monoisotopic (exact) mass is 225 g/mol. The zero-order valence-corrected chi connectivity index (χ0v) is 11.7. The average Bonchev–Trinajstić information content (AvgIpc) is 2.30. The molecule has 0 aliphatic carbocycles. The summed E-state index contributed by atoms with van der Waals surface area (Å²) in [6.07, 6.45) is 15.4. The lowest BCUT2D eigenvalue weighted by Gasteiger charge is -2.20. The molecule has 0 N–H and O–H groups in total. The van der Waals surface area contributed by atoms with Gasteiger partial charge in [0.15, 0.2) is 0 Å². The Labute approximate surface area is 103 Å². The van der Waals surface area contributed by atoms with Crippen molar-refractivity contribution in [2.45, 2.75) is 72.1 Å². The molecule has 0 saturated heterocycles. The van der Waals surface area contributed by atoms with Crippen LogP contribution in [0.1, 0.15) is 72.1 Å². The summed E-state index contributed by atoms with van der Waals surface area (Å²) in [5.41, 5.74) is 0. The third-order valence-electron chi connectivity index (χ3n) is 2.96. The highest BCUT2D eigenvalue weighted by molar-refractivity contribution is 4.78. The lowest BCUT2D eigenvalue weighted by molar-refractivity contribution is 0.351. The third kappa shape index (κ3) is 10.1. The Morgan fingerprint density at radius 1 is 0.750 bits per heavy atom. The molecule has 16 heavy (non-hydrogen) atoms. The second kappa shape index (κ2) is 12.6. The Morgan fingerprint density at radius 2 is 1.25 bits per heavy atom. The summed E-state index contributed by atoms with van der Waals surface area (Å²) in [6.45, 7) is 9.15. The predicted molar refractivity (Wildman–Crippen MR) is 74.7 cm³/mol. The molecule has 0 aromatic rings. The van der Waals surface area contributed by atoms with Crippen molar-refractivity contribution in [1.29, 1.82) is 0 Å². The molecule has 0 rings (SSSR count). The fourth-order valence-corrected chi connectivity index (χ4v) is 1.96. The van der Waals surface area contributed by atoms with Crippen LogP contribution in [0, 0.1) is 0 Å². The van der Waals surface area contributed by atoms with Crippen molar-refractivity contribution >= 4 is 0 Å². The van der Waals surface area contributed by atoms with E-state index in [0.717, 1.165) is 0 Å². The van der Waals surface area contributed by atoms with Crippen LogP contribution in [0.15, 0.2) is 12.3 Å². The van der Waals surface area contributed by atoms with Crippen molar-refractivity contribution in [2.75, 3.05) is 13.1 Å². The van der Waals surface area contributed by atoms with Crippen LogP contribution >= 0.6 is 0 Å². The maximum Gasteiger partial charge on any atom is 0.0172 e. The van der Waals surface area contributed by atoms with Gasteiger partial charge >= 0.3 is 0 Å². The van der Waals surface area contributed by atoms with Crippen LogP contribution in [0.5, 0.6) is 0 Å². The summed E-state index contributed by atoms with van der Waals surface area (Å²) in [6, 6.07) is 0. The van der Waals surface area contributed by atoms with E-state index < -0.39 is 0 Å². The standard InChI is InChI=1S/C15H31N/c1-4-7-9-11-14-16(13-6-3)15-12-10-8-5-2/h6,13H,4-5,7-12,14-15H2,1-3H3. The highest BCUT2D eigenvalue weighted by Gasteiger charge is 1.98. The number of rotatable bonds is 11. The Kier molecular flexibility index (Phi) is 12.2. The average molecular weight is 225 g/mol. The van der Waals surface area contributed by atoms with E-state index in [9.17, 15) is 0 Å². The van der Waals surface area contributed by atoms with E-state index in [1.165, 1.54) is 64.5 Å². The molecule has 0 aromatic heterocycles. The first-order valence-electron chi connectivity index (χ1n) is 7.22. The van der Waals surface area contributed by atoms with Gasteiger partial charge in [0, 0.05) is 13.1 Å². The molecular weight excluding hydrogens is 194 g/mol. The first-order chi connectivity index (χ1) is 7.85. The van der Waals surface area contributed by atoms with Crippen molar-refractivity contribution < 1.29 is 0 Å². The van der Waals surface area contributed by atoms with Gasteiger partial charge in [-0.3, -0.25) is 0 Å². The van der Waals surface area contributed by atoms with Crippen molar-refractivity contribution in [3.8, 4) is 0 Å². The highest BCUT2D eigenvalue weighted by Crippen LogP contribution is 2.05. The topological polar surface area (TPSA) is 3.24 Å². The molecule has 0 heterocycles. The quantitative estimate of drug-likeness (QED) is 0.448. The molecule has 0 spiro atoms. The highest BCUT2D eigenvalue weighted by atomic mass is 15.1. The summed E-state index contributed by atoms with van der Waals surface area (Å²) in [5, 5.41) is 0. The second-order valence-electron chi connectivity index (χ2n) is 4.64. The minimum absolute atomic E-state index is 1.25. The van der Waals surface area contributed by atoms with Crippen LogP contribution in [-0.2, 0) is 0 Å². The minimum atomic E-state index is 1.25. The van der Waals surface area contributed by atoms with E-state index in [4.69, 9.17) is 0 Å². The van der Waals surface area contributed by atoms with Gasteiger partial charge in [-0.25, -0.2) is 0 Å². The lowest BCUT2D eigenvalue weighted by Crippen LogP contribution is -2.19. The molecule has 0 atom stereocenters. The Balaban J connectivity index is 3.54. The fourth-order valence-electron chi connectivity index (χ4n) is 1.96. The van der Waals surface area contributed by atoms with Crippen molar-refractivity contribution in [2.24, 2.45) is 0 Å². The molecule has 0 bridgehead atoms. The first kappa shape index (κ1) is 15.5. The van der Waals surface area contributed by atoms with Gasteiger partial charge in [0.25, 0.3) is 0 Å². The summed E-state index contributed by atoms with van der Waals surface area (Å²) < 4.78 is 0. The molecule has 0 aliphatic rings. The van der Waals surface area contributed by atoms with Gasteiger partial charge in [-0.05, 0) is 26.0 Å². The largest absolute Gasteiger partial charge is 0.378 e. The smallest absolute Gasteiger partial charge is 0.0172 e. The Hall–Kier alpha value is -0.460. The molecule has 0 saturated carbocycles. The molecule has 0 aliphatic heterocycles. The molecule has 96 valence electrons. The van der Waals surface area contributed by atoms with E-state index in [-0.39, 0.29) is 0 Å². The molecule has 0 aromatic carbocycles. The molecule has 0 amide bonds. The van der Waals surface area contributed by atoms with Crippen LogP contribution in [0.4, 0.5) is 0 Å². The Morgan fingerprint density at radius 3 is 1.62 bits per heavy atom. The zero-order chi connectivity index (χ0) is 12.1.